The fraction of sp³-hybridized carbons (Fsp3) is 0.278. The number of fused-ring (bicyclic) bond motifs is 1. The minimum absolute atomic E-state index is 0.208. The molecule has 1 heterocycles. The summed E-state index contributed by atoms with van der Waals surface area (Å²) in [6.07, 6.45) is 2.85. The molecule has 2 aromatic rings. The number of carbonyl (C=O) groups is 1. The molecule has 126 valence electrons. The lowest BCUT2D eigenvalue weighted by Crippen LogP contribution is -2.34. The maximum atomic E-state index is 12.4. The quantitative estimate of drug-likeness (QED) is 0.931. The Hall–Kier alpha value is -2.34. The number of carbonyl (C=O) groups excluding carboxylic acids is 1. The summed E-state index contributed by atoms with van der Waals surface area (Å²) in [5.74, 6) is -0.208. The first kappa shape index (κ1) is 16.5. The molecule has 0 unspecified atom stereocenters. The van der Waals surface area contributed by atoms with Crippen molar-refractivity contribution in [2.75, 3.05) is 22.4 Å². The molecule has 0 saturated heterocycles. The van der Waals surface area contributed by atoms with E-state index in [9.17, 15) is 13.2 Å². The van der Waals surface area contributed by atoms with Crippen LogP contribution in [0.2, 0.25) is 0 Å². The summed E-state index contributed by atoms with van der Waals surface area (Å²) in [5.41, 5.74) is 3.82. The molecule has 0 saturated carbocycles. The number of anilines is 2. The van der Waals surface area contributed by atoms with Crippen molar-refractivity contribution in [1.29, 1.82) is 0 Å². The topological polar surface area (TPSA) is 66.5 Å². The molecule has 5 nitrogen and oxygen atoms in total. The first-order valence-corrected chi connectivity index (χ1v) is 9.68. The van der Waals surface area contributed by atoms with Gasteiger partial charge in [-0.3, -0.25) is 9.10 Å². The van der Waals surface area contributed by atoms with Crippen LogP contribution in [0.5, 0.6) is 0 Å². The Bertz CT molecular complexity index is 891. The summed E-state index contributed by atoms with van der Waals surface area (Å²) >= 11 is 0. The number of amides is 1. The van der Waals surface area contributed by atoms with E-state index in [1.807, 2.05) is 37.3 Å². The second kappa shape index (κ2) is 6.28. The number of hydrogen-bond donors (Lipinski definition) is 1. The van der Waals surface area contributed by atoms with E-state index >= 15 is 0 Å². The molecule has 0 aromatic heterocycles. The molecule has 1 aliphatic rings. The molecule has 0 radical (unpaired) electrons. The highest BCUT2D eigenvalue weighted by atomic mass is 32.2. The van der Waals surface area contributed by atoms with E-state index in [0.29, 0.717) is 23.5 Å². The van der Waals surface area contributed by atoms with Gasteiger partial charge in [0.15, 0.2) is 0 Å². The Morgan fingerprint density at radius 1 is 1.17 bits per heavy atom. The van der Waals surface area contributed by atoms with Gasteiger partial charge in [0.05, 0.1) is 11.9 Å². The Kier molecular flexibility index (Phi) is 4.32. The highest BCUT2D eigenvalue weighted by Crippen LogP contribution is 2.31. The fourth-order valence-corrected chi connectivity index (χ4v) is 3.94. The second-order valence-corrected chi connectivity index (χ2v) is 8.01. The van der Waals surface area contributed by atoms with Gasteiger partial charge in [-0.2, -0.15) is 0 Å². The third-order valence-corrected chi connectivity index (χ3v) is 5.28. The van der Waals surface area contributed by atoms with Crippen molar-refractivity contribution in [3.63, 3.8) is 0 Å². The molecule has 0 aliphatic carbocycles. The summed E-state index contributed by atoms with van der Waals surface area (Å²) in [4.78, 5) is 12.4. The number of aryl methyl sites for hydroxylation is 2. The van der Waals surface area contributed by atoms with Gasteiger partial charge in [-0.05, 0) is 49.6 Å². The average Bonchev–Trinajstić information content (AvgIpc) is 2.53. The number of nitrogens with zero attached hydrogens (tertiary/aromatic N) is 1. The number of rotatable bonds is 3. The normalized spacial score (nSPS) is 14.2. The van der Waals surface area contributed by atoms with Crippen LogP contribution in [0.15, 0.2) is 42.5 Å². The van der Waals surface area contributed by atoms with E-state index in [4.69, 9.17) is 0 Å². The van der Waals surface area contributed by atoms with Crippen LogP contribution in [0.1, 0.15) is 27.9 Å². The first-order valence-electron chi connectivity index (χ1n) is 7.83. The van der Waals surface area contributed by atoms with Crippen LogP contribution >= 0.6 is 0 Å². The molecule has 2 aromatic carbocycles. The smallest absolute Gasteiger partial charge is 0.255 e. The van der Waals surface area contributed by atoms with Crippen LogP contribution in [0.3, 0.4) is 0 Å². The van der Waals surface area contributed by atoms with Crippen LogP contribution in [-0.4, -0.2) is 27.1 Å². The summed E-state index contributed by atoms with van der Waals surface area (Å²) < 4.78 is 25.4. The monoisotopic (exact) mass is 344 g/mol. The van der Waals surface area contributed by atoms with Crippen LogP contribution in [-0.2, 0) is 16.4 Å². The number of benzene rings is 2. The van der Waals surface area contributed by atoms with Crippen molar-refractivity contribution >= 4 is 27.3 Å². The maximum absolute atomic E-state index is 12.4. The molecule has 0 spiro atoms. The Balaban J connectivity index is 1.89. The van der Waals surface area contributed by atoms with Crippen LogP contribution in [0, 0.1) is 6.92 Å². The Labute approximate surface area is 142 Å². The third kappa shape index (κ3) is 3.43. The molecule has 0 atom stereocenters. The largest absolute Gasteiger partial charge is 0.322 e. The number of hydrogen-bond acceptors (Lipinski definition) is 3. The van der Waals surface area contributed by atoms with E-state index in [0.717, 1.165) is 24.0 Å². The summed E-state index contributed by atoms with van der Waals surface area (Å²) in [7, 11) is -3.32. The molecule has 24 heavy (non-hydrogen) atoms. The van der Waals surface area contributed by atoms with E-state index in [-0.39, 0.29) is 5.91 Å². The lowest BCUT2D eigenvalue weighted by Gasteiger charge is -2.29. The van der Waals surface area contributed by atoms with Crippen LogP contribution in [0.25, 0.3) is 0 Å². The molecule has 0 bridgehead atoms. The van der Waals surface area contributed by atoms with Crippen molar-refractivity contribution in [3.8, 4) is 0 Å². The zero-order chi connectivity index (χ0) is 17.3. The number of sulfonamides is 1. The highest BCUT2D eigenvalue weighted by Gasteiger charge is 2.24. The molecule has 1 aliphatic heterocycles. The van der Waals surface area contributed by atoms with Crippen molar-refractivity contribution < 1.29 is 13.2 Å². The summed E-state index contributed by atoms with van der Waals surface area (Å²) in [6, 6.07) is 12.8. The van der Waals surface area contributed by atoms with Gasteiger partial charge >= 0.3 is 0 Å². The molecule has 1 N–H and O–H groups in total. The van der Waals surface area contributed by atoms with Crippen LogP contribution < -0.4 is 9.62 Å². The molecular formula is C18H20N2O3S. The highest BCUT2D eigenvalue weighted by molar-refractivity contribution is 7.92. The lowest BCUT2D eigenvalue weighted by atomic mass is 10.0. The van der Waals surface area contributed by atoms with E-state index in [2.05, 4.69) is 5.32 Å². The van der Waals surface area contributed by atoms with Crippen molar-refractivity contribution in [3.05, 3.63) is 59.2 Å². The molecule has 6 heteroatoms. The van der Waals surface area contributed by atoms with Gasteiger partial charge in [-0.15, -0.1) is 0 Å². The van der Waals surface area contributed by atoms with E-state index < -0.39 is 10.0 Å². The minimum atomic E-state index is -3.32. The number of nitrogens with one attached hydrogen (secondary N) is 1. The lowest BCUT2D eigenvalue weighted by molar-refractivity contribution is 0.102. The summed E-state index contributed by atoms with van der Waals surface area (Å²) in [6.45, 7) is 2.40. The predicted octanol–water partition coefficient (Wildman–Crippen LogP) is 2.96. The first-order chi connectivity index (χ1) is 11.3. The zero-order valence-corrected chi connectivity index (χ0v) is 14.6. The standard InChI is InChI=1S/C18H20N2O3S/c1-13-5-3-6-15(11-13)18(21)19-16-9-8-14-7-4-10-20(17(14)12-16)24(2,22)23/h3,5-6,8-9,11-12H,4,7,10H2,1-2H3,(H,19,21). The van der Waals surface area contributed by atoms with Gasteiger partial charge in [0, 0.05) is 17.8 Å². The van der Waals surface area contributed by atoms with Gasteiger partial charge in [0.2, 0.25) is 10.0 Å². The van der Waals surface area contributed by atoms with Gasteiger partial charge in [0.25, 0.3) is 5.91 Å². The zero-order valence-electron chi connectivity index (χ0n) is 13.7. The van der Waals surface area contributed by atoms with Crippen molar-refractivity contribution in [2.24, 2.45) is 0 Å². The second-order valence-electron chi connectivity index (χ2n) is 6.11. The van der Waals surface area contributed by atoms with Gasteiger partial charge in [0.1, 0.15) is 0 Å². The van der Waals surface area contributed by atoms with Gasteiger partial charge in [-0.1, -0.05) is 23.8 Å². The van der Waals surface area contributed by atoms with Gasteiger partial charge < -0.3 is 5.32 Å². The van der Waals surface area contributed by atoms with E-state index in [1.165, 1.54) is 10.6 Å². The Morgan fingerprint density at radius 3 is 2.67 bits per heavy atom. The predicted molar refractivity (Wildman–Crippen MR) is 96.1 cm³/mol. The minimum Gasteiger partial charge on any atom is -0.322 e. The fourth-order valence-electron chi connectivity index (χ4n) is 2.95. The van der Waals surface area contributed by atoms with Crippen molar-refractivity contribution in [2.45, 2.75) is 19.8 Å². The maximum Gasteiger partial charge on any atom is 0.255 e. The molecule has 3 rings (SSSR count). The molecule has 0 fully saturated rings. The summed E-state index contributed by atoms with van der Waals surface area (Å²) in [5, 5.41) is 2.85. The molecule has 1 amide bonds. The van der Waals surface area contributed by atoms with E-state index in [1.54, 1.807) is 12.1 Å². The SMILES string of the molecule is Cc1cccc(C(=O)Nc2ccc3c(c2)N(S(C)(=O)=O)CCC3)c1. The molecular weight excluding hydrogens is 324 g/mol. The van der Waals surface area contributed by atoms with Crippen LogP contribution in [0.4, 0.5) is 11.4 Å². The third-order valence-electron chi connectivity index (χ3n) is 4.10. The van der Waals surface area contributed by atoms with Gasteiger partial charge in [-0.25, -0.2) is 8.42 Å². The average molecular weight is 344 g/mol. The van der Waals surface area contributed by atoms with Crippen molar-refractivity contribution in [1.82, 2.24) is 0 Å². The Morgan fingerprint density at radius 2 is 1.96 bits per heavy atom.